The van der Waals surface area contributed by atoms with Gasteiger partial charge in [-0.05, 0) is 56.4 Å². The van der Waals surface area contributed by atoms with Crippen LogP contribution in [0.3, 0.4) is 0 Å². The quantitative estimate of drug-likeness (QED) is 0.791. The molecule has 0 spiro atoms. The highest BCUT2D eigenvalue weighted by Crippen LogP contribution is 2.52. The summed E-state index contributed by atoms with van der Waals surface area (Å²) >= 11 is 1.49. The van der Waals surface area contributed by atoms with Crippen LogP contribution in [0.1, 0.15) is 59.8 Å². The molecule has 2 aliphatic carbocycles. The summed E-state index contributed by atoms with van der Waals surface area (Å²) in [5, 5.41) is 3.66. The van der Waals surface area contributed by atoms with Crippen LogP contribution in [0, 0.1) is 17.8 Å². The Hall–Kier alpha value is -1.73. The van der Waals surface area contributed by atoms with E-state index in [1.54, 1.807) is 0 Å². The number of fused-ring (bicyclic) bond motifs is 6. The van der Waals surface area contributed by atoms with Gasteiger partial charge in [0.25, 0.3) is 5.91 Å². The number of hydrogen-bond acceptors (Lipinski definition) is 5. The standard InChI is InChI=1S/C21H24N2O4S/c1-9-2-5-11-14(8-9)28-21(15(11)18(24)22-10-3-4-10)23-19(25)16-12-6-7-13(27-12)17(16)20(23)26/h9-10,12-13,16-17H,2-8H2,1H3,(H,22,24). The molecular weight excluding hydrogens is 376 g/mol. The Morgan fingerprint density at radius 2 is 1.75 bits per heavy atom. The first-order chi connectivity index (χ1) is 13.5. The normalized spacial score (nSPS) is 36.0. The second-order valence-corrected chi connectivity index (χ2v) is 10.2. The van der Waals surface area contributed by atoms with Crippen LogP contribution in [0.15, 0.2) is 0 Å². The molecule has 2 bridgehead atoms. The number of hydrogen-bond donors (Lipinski definition) is 1. The van der Waals surface area contributed by atoms with Gasteiger partial charge in [0.2, 0.25) is 11.8 Å². The van der Waals surface area contributed by atoms with Gasteiger partial charge in [0, 0.05) is 10.9 Å². The Kier molecular flexibility index (Phi) is 3.61. The zero-order chi connectivity index (χ0) is 19.2. The van der Waals surface area contributed by atoms with E-state index in [1.807, 2.05) is 0 Å². The van der Waals surface area contributed by atoms with Crippen molar-refractivity contribution < 1.29 is 19.1 Å². The van der Waals surface area contributed by atoms with E-state index in [0.717, 1.165) is 50.5 Å². The van der Waals surface area contributed by atoms with Crippen LogP contribution in [0.4, 0.5) is 5.00 Å². The number of imide groups is 1. The van der Waals surface area contributed by atoms with Gasteiger partial charge in [-0.1, -0.05) is 6.92 Å². The Bertz CT molecular complexity index is 876. The molecule has 148 valence electrons. The third-order valence-electron chi connectivity index (χ3n) is 7.12. The van der Waals surface area contributed by atoms with Crippen molar-refractivity contribution in [2.45, 2.75) is 70.1 Å². The molecule has 1 N–H and O–H groups in total. The maximum atomic E-state index is 13.3. The van der Waals surface area contributed by atoms with Crippen LogP contribution >= 0.6 is 11.3 Å². The average molecular weight is 401 g/mol. The van der Waals surface area contributed by atoms with Gasteiger partial charge in [-0.15, -0.1) is 11.3 Å². The van der Waals surface area contributed by atoms with E-state index in [-0.39, 0.29) is 47.8 Å². The predicted octanol–water partition coefficient (Wildman–Crippen LogP) is 2.43. The first-order valence-corrected chi connectivity index (χ1v) is 11.3. The highest BCUT2D eigenvalue weighted by Gasteiger charge is 2.63. The van der Waals surface area contributed by atoms with Crippen LogP contribution in [-0.4, -0.2) is 36.0 Å². The molecule has 4 heterocycles. The van der Waals surface area contributed by atoms with Crippen molar-refractivity contribution in [3.05, 3.63) is 16.0 Å². The summed E-state index contributed by atoms with van der Waals surface area (Å²) in [5.74, 6) is -0.579. The van der Waals surface area contributed by atoms with Crippen molar-refractivity contribution in [2.24, 2.45) is 17.8 Å². The molecule has 6 rings (SSSR count). The van der Waals surface area contributed by atoms with Gasteiger partial charge in [0.1, 0.15) is 5.00 Å². The summed E-state index contributed by atoms with van der Waals surface area (Å²) in [4.78, 5) is 42.2. The third kappa shape index (κ3) is 2.32. The molecule has 5 unspecified atom stereocenters. The summed E-state index contributed by atoms with van der Waals surface area (Å²) in [5.41, 5.74) is 1.65. The molecular formula is C21H24N2O4S. The predicted molar refractivity (Wildman–Crippen MR) is 103 cm³/mol. The van der Waals surface area contributed by atoms with Crippen molar-refractivity contribution in [1.82, 2.24) is 5.32 Å². The van der Waals surface area contributed by atoms with E-state index >= 15 is 0 Å². The fourth-order valence-electron chi connectivity index (χ4n) is 5.53. The molecule has 3 amide bonds. The number of ether oxygens (including phenoxy) is 1. The number of rotatable bonds is 3. The first-order valence-electron chi connectivity index (χ1n) is 10.5. The molecule has 0 radical (unpaired) electrons. The number of thiophene rings is 1. The van der Waals surface area contributed by atoms with Crippen molar-refractivity contribution in [3.63, 3.8) is 0 Å². The molecule has 1 aromatic heterocycles. The van der Waals surface area contributed by atoms with Crippen LogP contribution in [0.25, 0.3) is 0 Å². The number of anilines is 1. The summed E-state index contributed by atoms with van der Waals surface area (Å²) in [6, 6.07) is 0.243. The van der Waals surface area contributed by atoms with E-state index in [4.69, 9.17) is 4.74 Å². The van der Waals surface area contributed by atoms with Gasteiger partial charge in [-0.3, -0.25) is 14.4 Å². The molecule has 7 heteroatoms. The van der Waals surface area contributed by atoms with Crippen LogP contribution in [0.2, 0.25) is 0 Å². The highest BCUT2D eigenvalue weighted by molar-refractivity contribution is 7.17. The minimum atomic E-state index is -0.358. The molecule has 5 aliphatic rings. The number of nitrogens with zero attached hydrogens (tertiary/aromatic N) is 1. The van der Waals surface area contributed by atoms with Crippen LogP contribution in [-0.2, 0) is 27.2 Å². The zero-order valence-corrected chi connectivity index (χ0v) is 16.7. The fourth-order valence-corrected chi connectivity index (χ4v) is 7.04. The van der Waals surface area contributed by atoms with Crippen molar-refractivity contribution in [3.8, 4) is 0 Å². The fraction of sp³-hybridized carbons (Fsp3) is 0.667. The maximum Gasteiger partial charge on any atom is 0.254 e. The van der Waals surface area contributed by atoms with Crippen molar-refractivity contribution >= 4 is 34.1 Å². The third-order valence-corrected chi connectivity index (χ3v) is 8.36. The lowest BCUT2D eigenvalue weighted by atomic mass is 9.81. The number of carbonyl (C=O) groups is 3. The molecule has 6 nitrogen and oxygen atoms in total. The Balaban J connectivity index is 1.43. The van der Waals surface area contributed by atoms with E-state index in [0.29, 0.717) is 16.5 Å². The smallest absolute Gasteiger partial charge is 0.254 e. The number of amides is 3. The van der Waals surface area contributed by atoms with Gasteiger partial charge in [-0.25, -0.2) is 4.90 Å². The van der Waals surface area contributed by atoms with Gasteiger partial charge in [0.15, 0.2) is 0 Å². The lowest BCUT2D eigenvalue weighted by Crippen LogP contribution is -2.36. The highest BCUT2D eigenvalue weighted by atomic mass is 32.1. The first kappa shape index (κ1) is 17.2. The summed E-state index contributed by atoms with van der Waals surface area (Å²) in [6.45, 7) is 2.22. The minimum Gasteiger partial charge on any atom is -0.373 e. The van der Waals surface area contributed by atoms with Gasteiger partial charge in [0.05, 0.1) is 29.6 Å². The number of nitrogens with one attached hydrogen (secondary N) is 1. The maximum absolute atomic E-state index is 13.3. The lowest BCUT2D eigenvalue weighted by molar-refractivity contribution is -0.124. The lowest BCUT2D eigenvalue weighted by Gasteiger charge is -2.19. The molecule has 0 aromatic carbocycles. The second-order valence-electron chi connectivity index (χ2n) is 9.13. The molecule has 1 aromatic rings. The van der Waals surface area contributed by atoms with Crippen molar-refractivity contribution in [2.75, 3.05) is 4.90 Å². The zero-order valence-electron chi connectivity index (χ0n) is 15.9. The van der Waals surface area contributed by atoms with E-state index in [9.17, 15) is 14.4 Å². The Labute approximate surface area is 167 Å². The van der Waals surface area contributed by atoms with Crippen LogP contribution in [0.5, 0.6) is 0 Å². The Morgan fingerprint density at radius 3 is 2.39 bits per heavy atom. The summed E-state index contributed by atoms with van der Waals surface area (Å²) in [6.07, 6.45) is 6.27. The molecule has 4 fully saturated rings. The van der Waals surface area contributed by atoms with Gasteiger partial charge in [-0.2, -0.15) is 0 Å². The minimum absolute atomic E-state index is 0.110. The Morgan fingerprint density at radius 1 is 1.07 bits per heavy atom. The molecule has 3 saturated heterocycles. The monoisotopic (exact) mass is 400 g/mol. The second kappa shape index (κ2) is 5.89. The SMILES string of the molecule is CC1CCc2c(sc(N3C(=O)C4C5CCC(O5)C4C3=O)c2C(=O)NC2CC2)C1. The molecule has 28 heavy (non-hydrogen) atoms. The van der Waals surface area contributed by atoms with E-state index in [2.05, 4.69) is 12.2 Å². The molecule has 3 aliphatic heterocycles. The largest absolute Gasteiger partial charge is 0.373 e. The van der Waals surface area contributed by atoms with Crippen molar-refractivity contribution in [1.29, 1.82) is 0 Å². The molecule has 5 atom stereocenters. The van der Waals surface area contributed by atoms with E-state index < -0.39 is 0 Å². The molecule has 1 saturated carbocycles. The summed E-state index contributed by atoms with van der Waals surface area (Å²) < 4.78 is 5.85. The average Bonchev–Trinajstić information content (AvgIpc) is 3.03. The van der Waals surface area contributed by atoms with Gasteiger partial charge < -0.3 is 10.1 Å². The van der Waals surface area contributed by atoms with Crippen LogP contribution < -0.4 is 10.2 Å². The van der Waals surface area contributed by atoms with Gasteiger partial charge >= 0.3 is 0 Å². The summed E-state index contributed by atoms with van der Waals surface area (Å²) in [7, 11) is 0. The van der Waals surface area contributed by atoms with E-state index in [1.165, 1.54) is 21.1 Å². The number of carbonyl (C=O) groups excluding carboxylic acids is 3. The topological polar surface area (TPSA) is 75.7 Å².